The Morgan fingerprint density at radius 1 is 1.55 bits per heavy atom. The first kappa shape index (κ1) is 6.75. The van der Waals surface area contributed by atoms with Gasteiger partial charge in [-0.3, -0.25) is 0 Å². The lowest BCUT2D eigenvalue weighted by atomic mass is 10.5. The maximum atomic E-state index is 5.01. The van der Waals surface area contributed by atoms with E-state index < -0.39 is 0 Å². The third kappa shape index (κ3) is 1.12. The topological polar surface area (TPSA) is 35.0 Å². The lowest BCUT2D eigenvalue weighted by Crippen LogP contribution is -1.91. The summed E-state index contributed by atoms with van der Waals surface area (Å²) in [5.74, 6) is 0. The third-order valence-corrected chi connectivity index (χ3v) is 2.57. The second kappa shape index (κ2) is 2.59. The first-order valence-electron chi connectivity index (χ1n) is 3.14. The lowest BCUT2D eigenvalue weighted by Gasteiger charge is -1.95. The van der Waals surface area contributed by atoms with Crippen molar-refractivity contribution in [1.29, 1.82) is 0 Å². The summed E-state index contributed by atoms with van der Waals surface area (Å²) in [6.07, 6.45) is 1.79. The minimum absolute atomic E-state index is 0.488. The standard InChI is InChI=1S/C6H6N2OSSi/c11-9-6-7-3-5-4(8-6)1-2-10-5/h1-3H,11H3. The van der Waals surface area contributed by atoms with E-state index in [9.17, 15) is 0 Å². The minimum Gasteiger partial charge on any atom is -0.527 e. The first-order chi connectivity index (χ1) is 5.40. The quantitative estimate of drug-likeness (QED) is 0.597. The molecule has 0 bridgehead atoms. The lowest BCUT2D eigenvalue weighted by molar-refractivity contribution is 0.562. The Balaban J connectivity index is 2.67. The number of nitrogens with zero attached hydrogens (tertiary/aromatic N) is 2. The van der Waals surface area contributed by atoms with E-state index in [1.54, 1.807) is 17.5 Å². The molecule has 3 nitrogen and oxygen atoms in total. The Kier molecular flexibility index (Phi) is 1.59. The highest BCUT2D eigenvalue weighted by Crippen LogP contribution is 2.18. The summed E-state index contributed by atoms with van der Waals surface area (Å²) in [6, 6.07) is 2.45. The van der Waals surface area contributed by atoms with Crippen molar-refractivity contribution in [3.05, 3.63) is 17.6 Å². The Bertz CT molecular complexity index is 375. The van der Waals surface area contributed by atoms with Crippen LogP contribution in [0.5, 0.6) is 6.01 Å². The fraction of sp³-hybridized carbons (Fsp3) is 0. The molecule has 0 N–H and O–H groups in total. The van der Waals surface area contributed by atoms with Crippen LogP contribution in [0.3, 0.4) is 0 Å². The molecular formula is C6H6N2OSSi. The zero-order valence-corrected chi connectivity index (χ0v) is 8.76. The SMILES string of the molecule is [SiH3]Oc1ncc2sccc2n1. The van der Waals surface area contributed by atoms with Gasteiger partial charge in [-0.2, -0.15) is 4.98 Å². The Morgan fingerprint density at radius 2 is 2.45 bits per heavy atom. The molecule has 5 heteroatoms. The van der Waals surface area contributed by atoms with Crippen LogP contribution in [0.2, 0.25) is 0 Å². The van der Waals surface area contributed by atoms with Crippen LogP contribution in [0.25, 0.3) is 10.2 Å². The molecule has 0 aliphatic carbocycles. The number of hydrogen-bond donors (Lipinski definition) is 0. The van der Waals surface area contributed by atoms with Gasteiger partial charge >= 0.3 is 6.01 Å². The summed E-state index contributed by atoms with van der Waals surface area (Å²) in [5, 5.41) is 2.00. The van der Waals surface area contributed by atoms with Gasteiger partial charge in [0.1, 0.15) is 0 Å². The van der Waals surface area contributed by atoms with Crippen molar-refractivity contribution >= 4 is 32.0 Å². The highest BCUT2D eigenvalue weighted by molar-refractivity contribution is 7.17. The van der Waals surface area contributed by atoms with Crippen LogP contribution in [-0.4, -0.2) is 20.5 Å². The van der Waals surface area contributed by atoms with E-state index in [1.807, 2.05) is 11.4 Å². The van der Waals surface area contributed by atoms with Crippen LogP contribution < -0.4 is 4.43 Å². The zero-order chi connectivity index (χ0) is 7.68. The van der Waals surface area contributed by atoms with Gasteiger partial charge in [-0.1, -0.05) is 0 Å². The van der Waals surface area contributed by atoms with Crippen LogP contribution in [0.15, 0.2) is 17.6 Å². The molecular weight excluding hydrogens is 176 g/mol. The molecule has 0 amide bonds. The summed E-state index contributed by atoms with van der Waals surface area (Å²) >= 11 is 1.64. The minimum atomic E-state index is 0.488. The summed E-state index contributed by atoms with van der Waals surface area (Å²) in [7, 11) is 0.639. The second-order valence-electron chi connectivity index (χ2n) is 2.03. The van der Waals surface area contributed by atoms with Gasteiger partial charge in [0.25, 0.3) is 0 Å². The normalized spacial score (nSPS) is 10.5. The summed E-state index contributed by atoms with van der Waals surface area (Å²) < 4.78 is 6.12. The van der Waals surface area contributed by atoms with Gasteiger partial charge in [0.05, 0.1) is 16.4 Å². The molecule has 0 saturated carbocycles. The van der Waals surface area contributed by atoms with E-state index in [0.717, 1.165) is 10.2 Å². The Labute approximate surface area is 70.6 Å². The highest BCUT2D eigenvalue weighted by Gasteiger charge is 1.98. The van der Waals surface area contributed by atoms with Crippen LogP contribution in [-0.2, 0) is 0 Å². The molecule has 0 aliphatic heterocycles. The van der Waals surface area contributed by atoms with Crippen LogP contribution in [0, 0.1) is 0 Å². The van der Waals surface area contributed by atoms with E-state index in [-0.39, 0.29) is 0 Å². The molecule has 11 heavy (non-hydrogen) atoms. The number of hydrogen-bond acceptors (Lipinski definition) is 4. The molecule has 56 valence electrons. The van der Waals surface area contributed by atoms with Crippen LogP contribution in [0.4, 0.5) is 0 Å². The average Bonchev–Trinajstić information content (AvgIpc) is 2.50. The van der Waals surface area contributed by atoms with Gasteiger partial charge in [0, 0.05) is 0 Å². The molecule has 0 spiro atoms. The van der Waals surface area contributed by atoms with Gasteiger partial charge < -0.3 is 4.43 Å². The number of rotatable bonds is 1. The first-order valence-corrected chi connectivity index (χ1v) is 4.84. The van der Waals surface area contributed by atoms with Crippen molar-refractivity contribution in [2.75, 3.05) is 0 Å². The maximum absolute atomic E-state index is 5.01. The van der Waals surface area contributed by atoms with Gasteiger partial charge in [-0.15, -0.1) is 11.3 Å². The fourth-order valence-electron chi connectivity index (χ4n) is 0.847. The predicted octanol–water partition coefficient (Wildman–Crippen LogP) is 0.350. The van der Waals surface area contributed by atoms with E-state index in [4.69, 9.17) is 4.43 Å². The fourth-order valence-corrected chi connectivity index (χ4v) is 1.74. The number of fused-ring (bicyclic) bond motifs is 1. The zero-order valence-electron chi connectivity index (χ0n) is 5.94. The van der Waals surface area contributed by atoms with Crippen LogP contribution >= 0.6 is 11.3 Å². The molecule has 0 radical (unpaired) electrons. The van der Waals surface area contributed by atoms with Gasteiger partial charge in [-0.25, -0.2) is 4.98 Å². The maximum Gasteiger partial charge on any atom is 0.302 e. The molecule has 2 aromatic heterocycles. The van der Waals surface area contributed by atoms with E-state index in [1.165, 1.54) is 0 Å². The summed E-state index contributed by atoms with van der Waals surface area (Å²) in [5.41, 5.74) is 0.968. The van der Waals surface area contributed by atoms with E-state index in [0.29, 0.717) is 16.5 Å². The molecule has 0 atom stereocenters. The van der Waals surface area contributed by atoms with Crippen molar-refractivity contribution in [1.82, 2.24) is 9.97 Å². The van der Waals surface area contributed by atoms with Crippen molar-refractivity contribution in [3.63, 3.8) is 0 Å². The average molecular weight is 182 g/mol. The number of thiophene rings is 1. The summed E-state index contributed by atoms with van der Waals surface area (Å²) in [4.78, 5) is 8.17. The van der Waals surface area contributed by atoms with Crippen molar-refractivity contribution in [2.45, 2.75) is 0 Å². The molecule has 0 aromatic carbocycles. The van der Waals surface area contributed by atoms with Crippen LogP contribution in [0.1, 0.15) is 0 Å². The van der Waals surface area contributed by atoms with E-state index >= 15 is 0 Å². The second-order valence-corrected chi connectivity index (χ2v) is 3.38. The molecule has 0 fully saturated rings. The van der Waals surface area contributed by atoms with Gasteiger partial charge in [0.2, 0.25) is 10.5 Å². The molecule has 0 unspecified atom stereocenters. The largest absolute Gasteiger partial charge is 0.527 e. The Hall–Kier alpha value is -0.943. The van der Waals surface area contributed by atoms with Crippen molar-refractivity contribution in [3.8, 4) is 6.01 Å². The van der Waals surface area contributed by atoms with Gasteiger partial charge in [0.15, 0.2) is 0 Å². The smallest absolute Gasteiger partial charge is 0.302 e. The molecule has 2 heterocycles. The highest BCUT2D eigenvalue weighted by atomic mass is 32.1. The third-order valence-electron chi connectivity index (χ3n) is 1.36. The predicted molar refractivity (Wildman–Crippen MR) is 48.0 cm³/mol. The molecule has 0 aliphatic rings. The molecule has 0 saturated heterocycles. The number of aromatic nitrogens is 2. The molecule has 2 aromatic rings. The summed E-state index contributed by atoms with van der Waals surface area (Å²) in [6.45, 7) is 0. The van der Waals surface area contributed by atoms with E-state index in [2.05, 4.69) is 9.97 Å². The van der Waals surface area contributed by atoms with Crippen molar-refractivity contribution < 1.29 is 4.43 Å². The molecule has 2 rings (SSSR count). The van der Waals surface area contributed by atoms with Crippen molar-refractivity contribution in [2.24, 2.45) is 0 Å². The Morgan fingerprint density at radius 3 is 3.27 bits per heavy atom. The monoisotopic (exact) mass is 182 g/mol. The van der Waals surface area contributed by atoms with Gasteiger partial charge in [-0.05, 0) is 11.4 Å².